The summed E-state index contributed by atoms with van der Waals surface area (Å²) in [5.74, 6) is -0.727. The molecule has 0 spiro atoms. The van der Waals surface area contributed by atoms with Crippen molar-refractivity contribution in [2.75, 3.05) is 20.1 Å². The highest BCUT2D eigenvalue weighted by Gasteiger charge is 2.43. The molecule has 0 radical (unpaired) electrons. The van der Waals surface area contributed by atoms with E-state index in [0.29, 0.717) is 17.2 Å². The molecular weight excluding hydrogens is 246 g/mol. The van der Waals surface area contributed by atoms with Crippen molar-refractivity contribution in [1.82, 2.24) is 4.90 Å². The topological polar surface area (TPSA) is 40.5 Å². The molecule has 0 bridgehead atoms. The number of likely N-dealkylation sites (tertiary alicyclic amines) is 1. The zero-order chi connectivity index (χ0) is 11.8. The molecular formula is C11H14ClNO2S. The molecule has 0 amide bonds. The van der Waals surface area contributed by atoms with Gasteiger partial charge < -0.3 is 10.0 Å². The predicted octanol–water partition coefficient (Wildman–Crippen LogP) is 2.45. The lowest BCUT2D eigenvalue weighted by atomic mass is 9.74. The van der Waals surface area contributed by atoms with Gasteiger partial charge in [-0.2, -0.15) is 0 Å². The number of carbonyl (C=O) groups is 1. The van der Waals surface area contributed by atoms with Crippen molar-refractivity contribution in [3.8, 4) is 0 Å². The first-order valence-electron chi connectivity index (χ1n) is 5.21. The van der Waals surface area contributed by atoms with E-state index >= 15 is 0 Å². The summed E-state index contributed by atoms with van der Waals surface area (Å²) in [4.78, 5) is 13.7. The van der Waals surface area contributed by atoms with Crippen LogP contribution in [-0.4, -0.2) is 36.1 Å². The smallest absolute Gasteiger partial charge is 0.314 e. The maximum Gasteiger partial charge on any atom is 0.314 e. The van der Waals surface area contributed by atoms with Gasteiger partial charge in [0, 0.05) is 0 Å². The first-order valence-corrected chi connectivity index (χ1v) is 6.47. The van der Waals surface area contributed by atoms with Gasteiger partial charge in [0.05, 0.1) is 9.75 Å². The molecule has 1 N–H and O–H groups in total. The molecule has 1 aromatic rings. The number of hydrogen-bond donors (Lipinski definition) is 1. The first-order chi connectivity index (χ1) is 7.54. The molecule has 0 atom stereocenters. The fourth-order valence-corrected chi connectivity index (χ4v) is 3.17. The summed E-state index contributed by atoms with van der Waals surface area (Å²) in [6.07, 6.45) is 1.32. The number of carboxylic acids is 1. The lowest BCUT2D eigenvalue weighted by Crippen LogP contribution is -2.45. The Morgan fingerprint density at radius 2 is 2.19 bits per heavy atom. The molecule has 0 saturated carbocycles. The second kappa shape index (κ2) is 4.35. The molecule has 0 aliphatic carbocycles. The standard InChI is InChI=1S/C11H14ClNO2S/c1-13-4-2-11(3-5-13,10(14)15)8-6-9(12)16-7-8/h6-7H,2-5H2,1H3,(H,14,15). The monoisotopic (exact) mass is 259 g/mol. The Bertz CT molecular complexity index is 396. The Morgan fingerprint density at radius 1 is 1.56 bits per heavy atom. The number of carboxylic acid groups (broad SMARTS) is 1. The highest BCUT2D eigenvalue weighted by Crippen LogP contribution is 2.38. The van der Waals surface area contributed by atoms with E-state index in [4.69, 9.17) is 11.6 Å². The Kier molecular flexibility index (Phi) is 3.24. The van der Waals surface area contributed by atoms with Gasteiger partial charge in [-0.3, -0.25) is 4.79 Å². The molecule has 1 saturated heterocycles. The number of piperidine rings is 1. The molecule has 1 fully saturated rings. The van der Waals surface area contributed by atoms with Gasteiger partial charge in [-0.15, -0.1) is 11.3 Å². The lowest BCUT2D eigenvalue weighted by Gasteiger charge is -2.37. The highest BCUT2D eigenvalue weighted by atomic mass is 35.5. The van der Waals surface area contributed by atoms with Crippen LogP contribution < -0.4 is 0 Å². The van der Waals surface area contributed by atoms with E-state index in [1.165, 1.54) is 11.3 Å². The number of aliphatic carboxylic acids is 1. The van der Waals surface area contributed by atoms with Crippen molar-refractivity contribution in [3.63, 3.8) is 0 Å². The minimum absolute atomic E-state index is 0.659. The Balaban J connectivity index is 2.33. The number of nitrogens with zero attached hydrogens (tertiary/aromatic N) is 1. The molecule has 88 valence electrons. The second-order valence-corrected chi connectivity index (χ2v) is 5.87. The van der Waals surface area contributed by atoms with Crippen LogP contribution in [0.1, 0.15) is 18.4 Å². The zero-order valence-electron chi connectivity index (χ0n) is 9.07. The summed E-state index contributed by atoms with van der Waals surface area (Å²) in [6, 6.07) is 1.80. The summed E-state index contributed by atoms with van der Waals surface area (Å²) in [5, 5.41) is 11.4. The van der Waals surface area contributed by atoms with Crippen molar-refractivity contribution in [3.05, 3.63) is 21.3 Å². The van der Waals surface area contributed by atoms with Crippen LogP contribution >= 0.6 is 22.9 Å². The maximum absolute atomic E-state index is 11.5. The van der Waals surface area contributed by atoms with Crippen LogP contribution in [0.15, 0.2) is 11.4 Å². The molecule has 1 aromatic heterocycles. The van der Waals surface area contributed by atoms with E-state index in [1.807, 2.05) is 12.4 Å². The summed E-state index contributed by atoms with van der Waals surface area (Å²) >= 11 is 7.29. The molecule has 0 aromatic carbocycles. The van der Waals surface area contributed by atoms with Crippen LogP contribution in [0.5, 0.6) is 0 Å². The van der Waals surface area contributed by atoms with Gasteiger partial charge in [0.1, 0.15) is 0 Å². The maximum atomic E-state index is 11.5. The average Bonchev–Trinajstić information content (AvgIpc) is 2.66. The molecule has 3 nitrogen and oxygen atoms in total. The SMILES string of the molecule is CN1CCC(C(=O)O)(c2csc(Cl)c2)CC1. The molecule has 16 heavy (non-hydrogen) atoms. The van der Waals surface area contributed by atoms with Crippen LogP contribution in [-0.2, 0) is 10.2 Å². The molecule has 2 rings (SSSR count). The summed E-state index contributed by atoms with van der Waals surface area (Å²) < 4.78 is 0.662. The zero-order valence-corrected chi connectivity index (χ0v) is 10.6. The normalized spacial score (nSPS) is 20.9. The van der Waals surface area contributed by atoms with E-state index in [1.54, 1.807) is 6.07 Å². The van der Waals surface area contributed by atoms with Crippen molar-refractivity contribution in [2.24, 2.45) is 0 Å². The number of hydrogen-bond acceptors (Lipinski definition) is 3. The Morgan fingerprint density at radius 3 is 2.62 bits per heavy atom. The van der Waals surface area contributed by atoms with Gasteiger partial charge in [-0.05, 0) is 50.0 Å². The van der Waals surface area contributed by atoms with E-state index in [0.717, 1.165) is 18.7 Å². The molecule has 1 aliphatic heterocycles. The third-order valence-corrected chi connectivity index (χ3v) is 4.46. The summed E-state index contributed by atoms with van der Waals surface area (Å²) in [7, 11) is 2.02. The van der Waals surface area contributed by atoms with Crippen molar-refractivity contribution in [1.29, 1.82) is 0 Å². The fraction of sp³-hybridized carbons (Fsp3) is 0.545. The van der Waals surface area contributed by atoms with Crippen LogP contribution in [0.4, 0.5) is 0 Å². The first kappa shape index (κ1) is 11.9. The molecule has 2 heterocycles. The number of rotatable bonds is 2. The van der Waals surface area contributed by atoms with E-state index in [2.05, 4.69) is 4.90 Å². The van der Waals surface area contributed by atoms with Crippen molar-refractivity contribution >= 4 is 28.9 Å². The van der Waals surface area contributed by atoms with Gasteiger partial charge in [-0.1, -0.05) is 11.6 Å². The van der Waals surface area contributed by atoms with Gasteiger partial charge in [0.15, 0.2) is 0 Å². The third kappa shape index (κ3) is 1.97. The summed E-state index contributed by atoms with van der Waals surface area (Å²) in [5.41, 5.74) is 0.138. The largest absolute Gasteiger partial charge is 0.481 e. The fourth-order valence-electron chi connectivity index (χ4n) is 2.19. The van der Waals surface area contributed by atoms with E-state index < -0.39 is 11.4 Å². The Hall–Kier alpha value is -0.580. The summed E-state index contributed by atoms with van der Waals surface area (Å²) in [6.45, 7) is 1.64. The average molecular weight is 260 g/mol. The highest BCUT2D eigenvalue weighted by molar-refractivity contribution is 7.14. The van der Waals surface area contributed by atoms with Gasteiger partial charge >= 0.3 is 5.97 Å². The van der Waals surface area contributed by atoms with Gasteiger partial charge in [0.25, 0.3) is 0 Å². The third-order valence-electron chi connectivity index (χ3n) is 3.37. The van der Waals surface area contributed by atoms with Crippen molar-refractivity contribution < 1.29 is 9.90 Å². The number of halogens is 1. The van der Waals surface area contributed by atoms with Crippen LogP contribution in [0, 0.1) is 0 Å². The molecule has 1 aliphatic rings. The predicted molar refractivity (Wildman–Crippen MR) is 65.4 cm³/mol. The minimum Gasteiger partial charge on any atom is -0.481 e. The van der Waals surface area contributed by atoms with Gasteiger partial charge in [0.2, 0.25) is 0 Å². The van der Waals surface area contributed by atoms with Crippen LogP contribution in [0.2, 0.25) is 4.34 Å². The van der Waals surface area contributed by atoms with Crippen molar-refractivity contribution in [2.45, 2.75) is 18.3 Å². The quantitative estimate of drug-likeness (QED) is 0.887. The van der Waals surface area contributed by atoms with E-state index in [-0.39, 0.29) is 0 Å². The molecule has 5 heteroatoms. The lowest BCUT2D eigenvalue weighted by molar-refractivity contribution is -0.145. The Labute approximate surface area is 104 Å². The number of thiophene rings is 1. The minimum atomic E-state index is -0.727. The van der Waals surface area contributed by atoms with E-state index in [9.17, 15) is 9.90 Å². The van der Waals surface area contributed by atoms with Crippen LogP contribution in [0.3, 0.4) is 0 Å². The van der Waals surface area contributed by atoms with Gasteiger partial charge in [-0.25, -0.2) is 0 Å². The second-order valence-electron chi connectivity index (χ2n) is 4.33. The molecule has 0 unspecified atom stereocenters. The van der Waals surface area contributed by atoms with Crippen LogP contribution in [0.25, 0.3) is 0 Å².